The van der Waals surface area contributed by atoms with Crippen LogP contribution in [0.4, 0.5) is 0 Å². The number of rotatable bonds is 10. The molecule has 2 heterocycles. The van der Waals surface area contributed by atoms with Crippen molar-refractivity contribution in [3.63, 3.8) is 0 Å². The molecule has 2 aliphatic heterocycles. The van der Waals surface area contributed by atoms with Crippen LogP contribution in [0, 0.1) is 0 Å². The van der Waals surface area contributed by atoms with E-state index in [1.807, 2.05) is 0 Å². The van der Waals surface area contributed by atoms with E-state index in [2.05, 4.69) is 34.5 Å². The number of sulfonamides is 1. The Labute approximate surface area is 209 Å². The van der Waals surface area contributed by atoms with E-state index in [1.54, 1.807) is 29.6 Å². The zero-order valence-electron chi connectivity index (χ0n) is 20.7. The lowest BCUT2D eigenvalue weighted by Gasteiger charge is -2.26. The molecule has 2 saturated heterocycles. The summed E-state index contributed by atoms with van der Waals surface area (Å²) in [6, 6.07) is 13.4. The number of amides is 1. The Kier molecular flexibility index (Phi) is 8.81. The van der Waals surface area contributed by atoms with Crippen molar-refractivity contribution in [2.45, 2.75) is 62.9 Å². The lowest BCUT2D eigenvalue weighted by Crippen LogP contribution is -2.35. The number of aryl methyl sites for hydroxylation is 1. The van der Waals surface area contributed by atoms with Crippen LogP contribution in [-0.2, 0) is 34.3 Å². The normalized spacial score (nSPS) is 17.4. The van der Waals surface area contributed by atoms with Gasteiger partial charge in [0, 0.05) is 32.6 Å². The van der Waals surface area contributed by atoms with E-state index < -0.39 is 10.0 Å². The molecule has 0 spiro atoms. The molecule has 8 heteroatoms. The highest BCUT2D eigenvalue weighted by Crippen LogP contribution is 2.27. The van der Waals surface area contributed by atoms with Gasteiger partial charge in [0.05, 0.1) is 12.0 Å². The molecule has 0 saturated carbocycles. The Hall–Kier alpha value is -2.42. The van der Waals surface area contributed by atoms with E-state index in [0.29, 0.717) is 31.8 Å². The molecular formula is C27H37N3O4S. The smallest absolute Gasteiger partial charge is 0.243 e. The maximum atomic E-state index is 13.1. The fraction of sp³-hybridized carbons (Fsp3) is 0.519. The van der Waals surface area contributed by atoms with Gasteiger partial charge >= 0.3 is 0 Å². The summed E-state index contributed by atoms with van der Waals surface area (Å²) in [6.45, 7) is 4.94. The highest BCUT2D eigenvalue weighted by atomic mass is 32.2. The number of carbonyl (C=O) groups is 1. The van der Waals surface area contributed by atoms with Gasteiger partial charge in [0.15, 0.2) is 0 Å². The molecule has 7 nitrogen and oxygen atoms in total. The van der Waals surface area contributed by atoms with Crippen LogP contribution in [-0.4, -0.2) is 56.8 Å². The summed E-state index contributed by atoms with van der Waals surface area (Å²) in [5.41, 5.74) is 3.09. The highest BCUT2D eigenvalue weighted by Gasteiger charge is 2.26. The molecule has 35 heavy (non-hydrogen) atoms. The molecule has 2 aromatic rings. The van der Waals surface area contributed by atoms with E-state index in [9.17, 15) is 13.2 Å². The number of benzene rings is 2. The van der Waals surface area contributed by atoms with Crippen molar-refractivity contribution < 1.29 is 17.9 Å². The number of nitrogens with one attached hydrogen (secondary N) is 1. The van der Waals surface area contributed by atoms with E-state index in [4.69, 9.17) is 4.74 Å². The fourth-order valence-electron chi connectivity index (χ4n) is 4.86. The third-order valence-electron chi connectivity index (χ3n) is 6.94. The summed E-state index contributed by atoms with van der Waals surface area (Å²) >= 11 is 0. The van der Waals surface area contributed by atoms with Gasteiger partial charge in [-0.2, -0.15) is 4.31 Å². The van der Waals surface area contributed by atoms with Crippen LogP contribution in [0.1, 0.15) is 55.2 Å². The van der Waals surface area contributed by atoms with Gasteiger partial charge in [0.1, 0.15) is 5.75 Å². The molecular weight excluding hydrogens is 462 g/mol. The Bertz CT molecular complexity index is 1090. The summed E-state index contributed by atoms with van der Waals surface area (Å²) in [7, 11) is -1.97. The first kappa shape index (κ1) is 25.7. The lowest BCUT2D eigenvalue weighted by molar-refractivity contribution is -0.121. The van der Waals surface area contributed by atoms with Crippen LogP contribution in [0.15, 0.2) is 47.4 Å². The molecule has 190 valence electrons. The summed E-state index contributed by atoms with van der Waals surface area (Å²) in [5.74, 6) is 0.529. The number of likely N-dealkylation sites (tertiary alicyclic amines) is 1. The van der Waals surface area contributed by atoms with Crippen molar-refractivity contribution in [2.24, 2.45) is 0 Å². The molecule has 0 aliphatic carbocycles. The standard InChI is InChI=1S/C27H37N3O4S/c1-34-26-13-12-25(35(32,33)30-17-3-2-4-18-30)19-24(26)11-14-27(31)28-20-22-7-9-23(10-8-22)21-29-15-5-6-16-29/h7-10,12-13,19H,2-6,11,14-18,20-21H2,1H3,(H,28,31). The van der Waals surface area contributed by atoms with E-state index in [-0.39, 0.29) is 17.2 Å². The number of hydrogen-bond acceptors (Lipinski definition) is 5. The van der Waals surface area contributed by atoms with Crippen molar-refractivity contribution >= 4 is 15.9 Å². The fourth-order valence-corrected chi connectivity index (χ4v) is 6.43. The molecule has 2 aromatic carbocycles. The van der Waals surface area contributed by atoms with Crippen LogP contribution in [0.3, 0.4) is 0 Å². The molecule has 0 unspecified atom stereocenters. The first-order valence-electron chi connectivity index (χ1n) is 12.7. The van der Waals surface area contributed by atoms with Gasteiger partial charge in [0.25, 0.3) is 0 Å². The maximum absolute atomic E-state index is 13.1. The van der Waals surface area contributed by atoms with E-state index in [1.165, 1.54) is 31.5 Å². The first-order chi connectivity index (χ1) is 17.0. The largest absolute Gasteiger partial charge is 0.496 e. The number of ether oxygens (including phenoxy) is 1. The average molecular weight is 500 g/mol. The van der Waals surface area contributed by atoms with Gasteiger partial charge in [-0.3, -0.25) is 9.69 Å². The molecule has 0 aromatic heterocycles. The highest BCUT2D eigenvalue weighted by molar-refractivity contribution is 7.89. The second kappa shape index (κ2) is 12.0. The average Bonchev–Trinajstić information content (AvgIpc) is 3.40. The molecule has 2 fully saturated rings. The van der Waals surface area contributed by atoms with Crippen molar-refractivity contribution in [3.05, 3.63) is 59.2 Å². The summed E-state index contributed by atoms with van der Waals surface area (Å²) in [5, 5.41) is 2.98. The molecule has 4 rings (SSSR count). The van der Waals surface area contributed by atoms with Crippen LogP contribution in [0.25, 0.3) is 0 Å². The number of carbonyl (C=O) groups excluding carboxylic acids is 1. The summed E-state index contributed by atoms with van der Waals surface area (Å²) < 4.78 is 33.1. The van der Waals surface area contributed by atoms with Gasteiger partial charge in [-0.25, -0.2) is 8.42 Å². The zero-order valence-corrected chi connectivity index (χ0v) is 21.5. The molecule has 0 atom stereocenters. The molecule has 0 bridgehead atoms. The third-order valence-corrected chi connectivity index (χ3v) is 8.84. The first-order valence-corrected chi connectivity index (χ1v) is 14.1. The summed E-state index contributed by atoms with van der Waals surface area (Å²) in [4.78, 5) is 15.3. The van der Waals surface area contributed by atoms with Crippen LogP contribution >= 0.6 is 0 Å². The molecule has 1 amide bonds. The zero-order chi connectivity index (χ0) is 24.7. The second-order valence-electron chi connectivity index (χ2n) is 9.51. The quantitative estimate of drug-likeness (QED) is 0.539. The van der Waals surface area contributed by atoms with Crippen molar-refractivity contribution in [1.29, 1.82) is 0 Å². The Morgan fingerprint density at radius 2 is 1.57 bits per heavy atom. The van der Waals surface area contributed by atoms with E-state index in [0.717, 1.165) is 36.9 Å². The Morgan fingerprint density at radius 3 is 2.26 bits per heavy atom. The monoisotopic (exact) mass is 499 g/mol. The van der Waals surface area contributed by atoms with Crippen LogP contribution < -0.4 is 10.1 Å². The predicted octanol–water partition coefficient (Wildman–Crippen LogP) is 3.71. The molecule has 0 radical (unpaired) electrons. The van der Waals surface area contributed by atoms with Gasteiger partial charge in [-0.15, -0.1) is 0 Å². The van der Waals surface area contributed by atoms with Crippen LogP contribution in [0.2, 0.25) is 0 Å². The summed E-state index contributed by atoms with van der Waals surface area (Å²) in [6.07, 6.45) is 6.09. The minimum atomic E-state index is -3.53. The van der Waals surface area contributed by atoms with Gasteiger partial charge in [0.2, 0.25) is 15.9 Å². The Balaban J connectivity index is 1.31. The second-order valence-corrected chi connectivity index (χ2v) is 11.5. The van der Waals surface area contributed by atoms with Crippen LogP contribution in [0.5, 0.6) is 5.75 Å². The third kappa shape index (κ3) is 6.84. The van der Waals surface area contributed by atoms with Gasteiger partial charge in [-0.1, -0.05) is 30.7 Å². The molecule has 2 aliphatic rings. The maximum Gasteiger partial charge on any atom is 0.243 e. The van der Waals surface area contributed by atoms with Gasteiger partial charge in [-0.05, 0) is 80.1 Å². The lowest BCUT2D eigenvalue weighted by atomic mass is 10.1. The minimum absolute atomic E-state index is 0.0718. The molecule has 1 N–H and O–H groups in total. The predicted molar refractivity (Wildman–Crippen MR) is 137 cm³/mol. The topological polar surface area (TPSA) is 79.0 Å². The number of hydrogen-bond donors (Lipinski definition) is 1. The number of piperidine rings is 1. The SMILES string of the molecule is COc1ccc(S(=O)(=O)N2CCCCC2)cc1CCC(=O)NCc1ccc(CN2CCCC2)cc1. The van der Waals surface area contributed by atoms with Crippen molar-refractivity contribution in [3.8, 4) is 5.75 Å². The van der Waals surface area contributed by atoms with E-state index >= 15 is 0 Å². The number of methoxy groups -OCH3 is 1. The minimum Gasteiger partial charge on any atom is -0.496 e. The van der Waals surface area contributed by atoms with Crippen molar-refractivity contribution in [1.82, 2.24) is 14.5 Å². The van der Waals surface area contributed by atoms with Crippen molar-refractivity contribution in [2.75, 3.05) is 33.3 Å². The van der Waals surface area contributed by atoms with Gasteiger partial charge < -0.3 is 10.1 Å². The Morgan fingerprint density at radius 1 is 0.914 bits per heavy atom. The number of nitrogens with zero attached hydrogens (tertiary/aromatic N) is 2.